The molecular weight excluding hydrogens is 214 g/mol. The molecule has 1 aliphatic rings. The third-order valence-corrected chi connectivity index (χ3v) is 3.45. The summed E-state index contributed by atoms with van der Waals surface area (Å²) in [5.74, 6) is 1.08. The first-order chi connectivity index (χ1) is 8.13. The fourth-order valence-corrected chi connectivity index (χ4v) is 2.54. The average Bonchev–Trinajstić information content (AvgIpc) is 2.55. The summed E-state index contributed by atoms with van der Waals surface area (Å²) in [6, 6.07) is 0. The molecule has 0 radical (unpaired) electrons. The van der Waals surface area contributed by atoms with Crippen LogP contribution in [0.15, 0.2) is 0 Å². The fourth-order valence-electron chi connectivity index (χ4n) is 2.54. The smallest absolute Gasteiger partial charge is 0.150 e. The van der Waals surface area contributed by atoms with E-state index in [0.717, 1.165) is 43.4 Å². The first kappa shape index (κ1) is 12.2. The van der Waals surface area contributed by atoms with Crippen molar-refractivity contribution in [2.24, 2.45) is 7.05 Å². The van der Waals surface area contributed by atoms with Gasteiger partial charge in [0, 0.05) is 33.2 Å². The molecule has 2 rings (SSSR count). The van der Waals surface area contributed by atoms with Crippen LogP contribution in [0.1, 0.15) is 19.0 Å². The van der Waals surface area contributed by atoms with Gasteiger partial charge in [-0.3, -0.25) is 9.58 Å². The van der Waals surface area contributed by atoms with E-state index in [1.54, 1.807) is 0 Å². The van der Waals surface area contributed by atoms with Crippen LogP contribution in [-0.2, 0) is 7.05 Å². The van der Waals surface area contributed by atoms with Gasteiger partial charge in [0.2, 0.25) is 0 Å². The molecule has 2 heterocycles. The molecule has 96 valence electrons. The Morgan fingerprint density at radius 3 is 2.35 bits per heavy atom. The van der Waals surface area contributed by atoms with E-state index in [0.29, 0.717) is 0 Å². The van der Waals surface area contributed by atoms with Crippen LogP contribution < -0.4 is 10.6 Å². The highest BCUT2D eigenvalue weighted by Crippen LogP contribution is 2.26. The molecule has 0 aliphatic carbocycles. The minimum Gasteiger partial charge on any atom is -0.394 e. The van der Waals surface area contributed by atoms with Crippen LogP contribution in [0, 0.1) is 6.92 Å². The summed E-state index contributed by atoms with van der Waals surface area (Å²) < 4.78 is 1.90. The Morgan fingerprint density at radius 1 is 1.24 bits per heavy atom. The van der Waals surface area contributed by atoms with Crippen LogP contribution in [0.5, 0.6) is 0 Å². The molecule has 1 aliphatic heterocycles. The lowest BCUT2D eigenvalue weighted by Crippen LogP contribution is -2.47. The maximum absolute atomic E-state index is 6.09. The number of nitrogens with two attached hydrogens (primary N) is 1. The third-order valence-electron chi connectivity index (χ3n) is 3.45. The molecule has 0 aromatic carbocycles. The summed E-state index contributed by atoms with van der Waals surface area (Å²) in [4.78, 5) is 4.86. The molecule has 1 aromatic heterocycles. The molecule has 0 unspecified atom stereocenters. The van der Waals surface area contributed by atoms with Gasteiger partial charge in [0.1, 0.15) is 5.82 Å². The number of hydrogen-bond acceptors (Lipinski definition) is 4. The standard InChI is InChI=1S/C12H23N5/c1-4-5-16-6-8-17(9-7-16)12-11(13)10(2)14-15(12)3/h4-9,13H2,1-3H3. The third kappa shape index (κ3) is 2.39. The maximum Gasteiger partial charge on any atom is 0.150 e. The van der Waals surface area contributed by atoms with Crippen molar-refractivity contribution >= 4 is 11.5 Å². The predicted molar refractivity (Wildman–Crippen MR) is 71.3 cm³/mol. The largest absolute Gasteiger partial charge is 0.394 e. The number of aryl methyl sites for hydroxylation is 2. The van der Waals surface area contributed by atoms with E-state index >= 15 is 0 Å². The second-order valence-corrected chi connectivity index (χ2v) is 4.77. The molecule has 1 aromatic rings. The van der Waals surface area contributed by atoms with Gasteiger partial charge in [0.15, 0.2) is 0 Å². The van der Waals surface area contributed by atoms with E-state index in [1.165, 1.54) is 13.0 Å². The molecule has 0 atom stereocenters. The quantitative estimate of drug-likeness (QED) is 0.846. The Labute approximate surface area is 103 Å². The number of hydrogen-bond donors (Lipinski definition) is 1. The molecule has 1 saturated heterocycles. The number of piperazine rings is 1. The normalized spacial score (nSPS) is 17.7. The summed E-state index contributed by atoms with van der Waals surface area (Å²) in [5.41, 5.74) is 7.85. The van der Waals surface area contributed by atoms with Crippen LogP contribution in [-0.4, -0.2) is 47.4 Å². The average molecular weight is 237 g/mol. The minimum absolute atomic E-state index is 0.830. The van der Waals surface area contributed by atoms with Gasteiger partial charge in [-0.25, -0.2) is 0 Å². The van der Waals surface area contributed by atoms with Crippen LogP contribution in [0.3, 0.4) is 0 Å². The molecule has 2 N–H and O–H groups in total. The van der Waals surface area contributed by atoms with Crippen molar-refractivity contribution in [1.29, 1.82) is 0 Å². The van der Waals surface area contributed by atoms with Crippen molar-refractivity contribution < 1.29 is 0 Å². The summed E-state index contributed by atoms with van der Waals surface area (Å²) in [7, 11) is 1.97. The highest BCUT2D eigenvalue weighted by Gasteiger charge is 2.21. The lowest BCUT2D eigenvalue weighted by molar-refractivity contribution is 0.257. The summed E-state index contributed by atoms with van der Waals surface area (Å²) in [6.07, 6.45) is 1.23. The number of aromatic nitrogens is 2. The van der Waals surface area contributed by atoms with E-state index in [1.807, 2.05) is 18.7 Å². The van der Waals surface area contributed by atoms with Gasteiger partial charge in [-0.2, -0.15) is 5.10 Å². The lowest BCUT2D eigenvalue weighted by atomic mass is 10.2. The van der Waals surface area contributed by atoms with Gasteiger partial charge >= 0.3 is 0 Å². The van der Waals surface area contributed by atoms with E-state index in [4.69, 9.17) is 5.73 Å². The topological polar surface area (TPSA) is 50.3 Å². The Balaban J connectivity index is 2.05. The predicted octanol–water partition coefficient (Wildman–Crippen LogP) is 0.843. The van der Waals surface area contributed by atoms with Gasteiger partial charge in [-0.15, -0.1) is 0 Å². The number of rotatable bonds is 3. The van der Waals surface area contributed by atoms with Crippen molar-refractivity contribution in [2.75, 3.05) is 43.4 Å². The van der Waals surface area contributed by atoms with Gasteiger partial charge < -0.3 is 10.6 Å². The molecule has 17 heavy (non-hydrogen) atoms. The van der Waals surface area contributed by atoms with Crippen LogP contribution in [0.25, 0.3) is 0 Å². The van der Waals surface area contributed by atoms with E-state index in [9.17, 15) is 0 Å². The molecule has 1 fully saturated rings. The monoisotopic (exact) mass is 237 g/mol. The SMILES string of the molecule is CCCN1CCN(c2c(N)c(C)nn2C)CC1. The van der Waals surface area contributed by atoms with Gasteiger partial charge in [-0.1, -0.05) is 6.92 Å². The van der Waals surface area contributed by atoms with Crippen LogP contribution in [0.2, 0.25) is 0 Å². The van der Waals surface area contributed by atoms with Crippen molar-refractivity contribution in [3.8, 4) is 0 Å². The van der Waals surface area contributed by atoms with Crippen molar-refractivity contribution in [3.63, 3.8) is 0 Å². The lowest BCUT2D eigenvalue weighted by Gasteiger charge is -2.35. The maximum atomic E-state index is 6.09. The zero-order chi connectivity index (χ0) is 12.4. The zero-order valence-electron chi connectivity index (χ0n) is 11.1. The molecule has 0 saturated carbocycles. The van der Waals surface area contributed by atoms with E-state index in [-0.39, 0.29) is 0 Å². The number of nitrogen functional groups attached to an aromatic ring is 1. The molecule has 5 nitrogen and oxygen atoms in total. The van der Waals surface area contributed by atoms with Gasteiger partial charge in [-0.05, 0) is 19.9 Å². The fraction of sp³-hybridized carbons (Fsp3) is 0.750. The first-order valence-electron chi connectivity index (χ1n) is 6.39. The summed E-state index contributed by atoms with van der Waals surface area (Å²) >= 11 is 0. The minimum atomic E-state index is 0.830. The Bertz CT molecular complexity index is 376. The molecule has 0 spiro atoms. The second-order valence-electron chi connectivity index (χ2n) is 4.77. The highest BCUT2D eigenvalue weighted by molar-refractivity contribution is 5.66. The number of anilines is 2. The Hall–Kier alpha value is -1.23. The van der Waals surface area contributed by atoms with Crippen molar-refractivity contribution in [2.45, 2.75) is 20.3 Å². The first-order valence-corrected chi connectivity index (χ1v) is 6.39. The van der Waals surface area contributed by atoms with Crippen LogP contribution in [0.4, 0.5) is 11.5 Å². The zero-order valence-corrected chi connectivity index (χ0v) is 11.1. The molecule has 0 amide bonds. The number of nitrogens with zero attached hydrogens (tertiary/aromatic N) is 4. The Kier molecular flexibility index (Phi) is 3.57. The Morgan fingerprint density at radius 2 is 1.88 bits per heavy atom. The highest BCUT2D eigenvalue weighted by atomic mass is 15.4. The van der Waals surface area contributed by atoms with E-state index < -0.39 is 0 Å². The molecule has 0 bridgehead atoms. The molecule has 5 heteroatoms. The summed E-state index contributed by atoms with van der Waals surface area (Å²) in [5, 5.41) is 4.38. The second kappa shape index (κ2) is 4.96. The van der Waals surface area contributed by atoms with Crippen molar-refractivity contribution in [3.05, 3.63) is 5.69 Å². The van der Waals surface area contributed by atoms with E-state index in [2.05, 4.69) is 21.8 Å². The van der Waals surface area contributed by atoms with Crippen molar-refractivity contribution in [1.82, 2.24) is 14.7 Å². The van der Waals surface area contributed by atoms with Crippen LogP contribution >= 0.6 is 0 Å². The summed E-state index contributed by atoms with van der Waals surface area (Å²) in [6.45, 7) is 9.73. The van der Waals surface area contributed by atoms with Gasteiger partial charge in [0.25, 0.3) is 0 Å². The molecular formula is C12H23N5. The van der Waals surface area contributed by atoms with Gasteiger partial charge in [0.05, 0.1) is 11.4 Å².